The lowest BCUT2D eigenvalue weighted by atomic mass is 10.1. The van der Waals surface area contributed by atoms with E-state index in [0.29, 0.717) is 12.5 Å². The van der Waals surface area contributed by atoms with Crippen molar-refractivity contribution in [3.05, 3.63) is 0 Å². The van der Waals surface area contributed by atoms with Crippen LogP contribution in [0.2, 0.25) is 0 Å². The molecule has 0 saturated heterocycles. The van der Waals surface area contributed by atoms with E-state index in [1.165, 1.54) is 7.11 Å². The van der Waals surface area contributed by atoms with Gasteiger partial charge in [0.2, 0.25) is 0 Å². The quantitative estimate of drug-likeness (QED) is 0.641. The number of hydrogen-bond acceptors (Lipinski definition) is 4. The lowest BCUT2D eigenvalue weighted by Crippen LogP contribution is -2.50. The predicted molar refractivity (Wildman–Crippen MR) is 50.3 cm³/mol. The number of carbonyl (C=O) groups excluding carboxylic acids is 1. The fraction of sp³-hybridized carbons (Fsp3) is 0.889. The highest BCUT2D eigenvalue weighted by Gasteiger charge is 2.29. The standard InChI is InChI=1S/C9H19NO3/c1-7(2)5-13-6-9(3,10)8(11)12-4/h7H,5-6,10H2,1-4H3. The summed E-state index contributed by atoms with van der Waals surface area (Å²) in [4.78, 5) is 11.1. The molecule has 0 heterocycles. The lowest BCUT2D eigenvalue weighted by Gasteiger charge is -2.21. The minimum absolute atomic E-state index is 0.192. The van der Waals surface area contributed by atoms with Gasteiger partial charge in [0.1, 0.15) is 5.54 Å². The van der Waals surface area contributed by atoms with Crippen LogP contribution in [0, 0.1) is 5.92 Å². The summed E-state index contributed by atoms with van der Waals surface area (Å²) >= 11 is 0. The summed E-state index contributed by atoms with van der Waals surface area (Å²) in [5, 5.41) is 0. The maximum Gasteiger partial charge on any atom is 0.327 e. The van der Waals surface area contributed by atoms with Gasteiger partial charge in [-0.25, -0.2) is 4.79 Å². The fourth-order valence-electron chi connectivity index (χ4n) is 0.799. The molecule has 13 heavy (non-hydrogen) atoms. The normalized spacial score (nSPS) is 15.5. The molecule has 0 aliphatic heterocycles. The van der Waals surface area contributed by atoms with Gasteiger partial charge in [-0.1, -0.05) is 13.8 Å². The van der Waals surface area contributed by atoms with Crippen LogP contribution >= 0.6 is 0 Å². The average Bonchev–Trinajstić information content (AvgIpc) is 2.01. The Bertz CT molecular complexity index is 166. The van der Waals surface area contributed by atoms with E-state index in [-0.39, 0.29) is 6.61 Å². The second-order valence-electron chi connectivity index (χ2n) is 3.82. The molecule has 0 rings (SSSR count). The Morgan fingerprint density at radius 3 is 2.46 bits per heavy atom. The molecule has 0 aromatic heterocycles. The van der Waals surface area contributed by atoms with Crippen LogP contribution in [0.3, 0.4) is 0 Å². The first-order valence-electron chi connectivity index (χ1n) is 4.35. The van der Waals surface area contributed by atoms with Gasteiger partial charge in [0.15, 0.2) is 0 Å². The van der Waals surface area contributed by atoms with Gasteiger partial charge < -0.3 is 15.2 Å². The van der Waals surface area contributed by atoms with Gasteiger partial charge in [-0.3, -0.25) is 0 Å². The Labute approximate surface area is 79.4 Å². The molecule has 2 N–H and O–H groups in total. The molecule has 0 aliphatic carbocycles. The van der Waals surface area contributed by atoms with E-state index in [4.69, 9.17) is 10.5 Å². The zero-order valence-electron chi connectivity index (χ0n) is 8.79. The highest BCUT2D eigenvalue weighted by Crippen LogP contribution is 2.04. The summed E-state index contributed by atoms with van der Waals surface area (Å²) in [6.07, 6.45) is 0. The highest BCUT2D eigenvalue weighted by molar-refractivity contribution is 5.80. The third-order valence-corrected chi connectivity index (χ3v) is 1.50. The Morgan fingerprint density at radius 1 is 1.54 bits per heavy atom. The molecule has 78 valence electrons. The van der Waals surface area contributed by atoms with Crippen LogP contribution in [0.1, 0.15) is 20.8 Å². The van der Waals surface area contributed by atoms with E-state index in [1.54, 1.807) is 6.92 Å². The highest BCUT2D eigenvalue weighted by atomic mass is 16.5. The van der Waals surface area contributed by atoms with Gasteiger partial charge in [0.25, 0.3) is 0 Å². The minimum atomic E-state index is -1.04. The van der Waals surface area contributed by atoms with Crippen molar-refractivity contribution in [2.75, 3.05) is 20.3 Å². The van der Waals surface area contributed by atoms with Crippen molar-refractivity contribution in [3.8, 4) is 0 Å². The Morgan fingerprint density at radius 2 is 2.08 bits per heavy atom. The van der Waals surface area contributed by atoms with Crippen molar-refractivity contribution in [2.24, 2.45) is 11.7 Å². The molecule has 0 fully saturated rings. The summed E-state index contributed by atoms with van der Waals surface area (Å²) in [7, 11) is 1.32. The molecular weight excluding hydrogens is 170 g/mol. The van der Waals surface area contributed by atoms with Crippen LogP contribution in [0.4, 0.5) is 0 Å². The Kier molecular flexibility index (Phi) is 4.95. The summed E-state index contributed by atoms with van der Waals surface area (Å²) < 4.78 is 9.79. The molecule has 4 heteroatoms. The third kappa shape index (κ3) is 4.85. The number of hydrogen-bond donors (Lipinski definition) is 1. The molecular formula is C9H19NO3. The zero-order valence-corrected chi connectivity index (χ0v) is 8.79. The van der Waals surface area contributed by atoms with Crippen molar-refractivity contribution in [3.63, 3.8) is 0 Å². The first kappa shape index (κ1) is 12.4. The molecule has 1 atom stereocenters. The summed E-state index contributed by atoms with van der Waals surface area (Å²) in [5.41, 5.74) is 4.62. The summed E-state index contributed by atoms with van der Waals surface area (Å²) in [5.74, 6) is -0.00953. The third-order valence-electron chi connectivity index (χ3n) is 1.50. The van der Waals surface area contributed by atoms with Crippen molar-refractivity contribution >= 4 is 5.97 Å². The van der Waals surface area contributed by atoms with Gasteiger partial charge in [-0.2, -0.15) is 0 Å². The molecule has 0 aromatic rings. The minimum Gasteiger partial charge on any atom is -0.468 e. The first-order chi connectivity index (χ1) is 5.90. The van der Waals surface area contributed by atoms with Crippen LogP contribution in [0.5, 0.6) is 0 Å². The molecule has 4 nitrogen and oxygen atoms in total. The SMILES string of the molecule is COC(=O)C(C)(N)COCC(C)C. The van der Waals surface area contributed by atoms with Crippen LogP contribution in [-0.4, -0.2) is 31.8 Å². The first-order valence-corrected chi connectivity index (χ1v) is 4.35. The smallest absolute Gasteiger partial charge is 0.327 e. The Balaban J connectivity index is 3.82. The van der Waals surface area contributed by atoms with Crippen molar-refractivity contribution in [2.45, 2.75) is 26.3 Å². The van der Waals surface area contributed by atoms with Crippen LogP contribution < -0.4 is 5.73 Å². The average molecular weight is 189 g/mol. The second kappa shape index (κ2) is 5.19. The van der Waals surface area contributed by atoms with Crippen molar-refractivity contribution in [1.82, 2.24) is 0 Å². The lowest BCUT2D eigenvalue weighted by molar-refractivity contribution is -0.148. The van der Waals surface area contributed by atoms with Gasteiger partial charge in [-0.15, -0.1) is 0 Å². The number of rotatable bonds is 5. The molecule has 0 aliphatic rings. The summed E-state index contributed by atoms with van der Waals surface area (Å²) in [6.45, 7) is 6.46. The fourth-order valence-corrected chi connectivity index (χ4v) is 0.799. The van der Waals surface area contributed by atoms with Gasteiger partial charge in [0.05, 0.1) is 13.7 Å². The maximum absolute atomic E-state index is 11.1. The largest absolute Gasteiger partial charge is 0.468 e. The molecule has 0 saturated carbocycles. The van der Waals surface area contributed by atoms with Crippen LogP contribution in [0.15, 0.2) is 0 Å². The summed E-state index contributed by atoms with van der Waals surface area (Å²) in [6, 6.07) is 0. The van der Waals surface area contributed by atoms with Crippen LogP contribution in [0.25, 0.3) is 0 Å². The number of nitrogens with two attached hydrogens (primary N) is 1. The van der Waals surface area contributed by atoms with E-state index < -0.39 is 11.5 Å². The molecule has 0 aromatic carbocycles. The van der Waals surface area contributed by atoms with E-state index in [0.717, 1.165) is 0 Å². The van der Waals surface area contributed by atoms with Crippen molar-refractivity contribution < 1.29 is 14.3 Å². The van der Waals surface area contributed by atoms with E-state index in [9.17, 15) is 4.79 Å². The maximum atomic E-state index is 11.1. The molecule has 1 unspecified atom stereocenters. The van der Waals surface area contributed by atoms with Gasteiger partial charge >= 0.3 is 5.97 Å². The van der Waals surface area contributed by atoms with E-state index in [2.05, 4.69) is 4.74 Å². The molecule has 0 bridgehead atoms. The number of carbonyl (C=O) groups is 1. The van der Waals surface area contributed by atoms with Gasteiger partial charge in [-0.05, 0) is 12.8 Å². The second-order valence-corrected chi connectivity index (χ2v) is 3.82. The predicted octanol–water partition coefficient (Wildman–Crippen LogP) is 0.549. The number of esters is 1. The monoisotopic (exact) mass is 189 g/mol. The molecule has 0 amide bonds. The number of methoxy groups -OCH3 is 1. The zero-order chi connectivity index (χ0) is 10.5. The van der Waals surface area contributed by atoms with Gasteiger partial charge in [0, 0.05) is 6.61 Å². The topological polar surface area (TPSA) is 61.5 Å². The Hall–Kier alpha value is -0.610. The van der Waals surface area contributed by atoms with Crippen LogP contribution in [-0.2, 0) is 14.3 Å². The van der Waals surface area contributed by atoms with Crippen molar-refractivity contribution in [1.29, 1.82) is 0 Å². The molecule has 0 spiro atoms. The molecule has 0 radical (unpaired) electrons. The number of ether oxygens (including phenoxy) is 2. The van der Waals surface area contributed by atoms with E-state index >= 15 is 0 Å². The van der Waals surface area contributed by atoms with E-state index in [1.807, 2.05) is 13.8 Å².